The number of nitrogens with zero attached hydrogens (tertiary/aromatic N) is 2. The number of carbonyl (C=O) groups is 1. The molecule has 0 aliphatic carbocycles. The third-order valence-corrected chi connectivity index (χ3v) is 2.08. The van der Waals surface area contributed by atoms with Gasteiger partial charge in [0.25, 0.3) is 5.56 Å². The molecule has 6 nitrogen and oxygen atoms in total. The molecule has 0 spiro atoms. The molecular weight excluding hydrogens is 196 g/mol. The zero-order valence-corrected chi connectivity index (χ0v) is 8.73. The number of hydrazine groups is 1. The summed E-state index contributed by atoms with van der Waals surface area (Å²) < 4.78 is 1.23. The van der Waals surface area contributed by atoms with Gasteiger partial charge in [-0.3, -0.25) is 15.0 Å². The van der Waals surface area contributed by atoms with Gasteiger partial charge in [-0.05, 0) is 19.9 Å². The number of hydrogen-bond acceptors (Lipinski definition) is 4. The number of nitrogens with one attached hydrogen (secondary N) is 1. The van der Waals surface area contributed by atoms with Crippen LogP contribution in [0.4, 0.5) is 0 Å². The Balaban J connectivity index is 2.91. The second-order valence-electron chi connectivity index (χ2n) is 3.88. The molecule has 0 saturated heterocycles. The van der Waals surface area contributed by atoms with Crippen molar-refractivity contribution in [2.75, 3.05) is 0 Å². The number of amides is 1. The predicted molar refractivity (Wildman–Crippen MR) is 54.6 cm³/mol. The maximum atomic E-state index is 11.4. The smallest absolute Gasteiger partial charge is 0.266 e. The van der Waals surface area contributed by atoms with Crippen LogP contribution in [0.25, 0.3) is 0 Å². The summed E-state index contributed by atoms with van der Waals surface area (Å²) in [4.78, 5) is 22.7. The first-order valence-corrected chi connectivity index (χ1v) is 4.50. The van der Waals surface area contributed by atoms with Gasteiger partial charge >= 0.3 is 0 Å². The molecule has 0 aliphatic rings. The molecule has 0 atom stereocenters. The molecule has 15 heavy (non-hydrogen) atoms. The first kappa shape index (κ1) is 11.4. The van der Waals surface area contributed by atoms with Gasteiger partial charge in [-0.25, -0.2) is 10.5 Å². The van der Waals surface area contributed by atoms with Crippen molar-refractivity contribution in [2.45, 2.75) is 20.4 Å². The van der Waals surface area contributed by atoms with Crippen molar-refractivity contribution in [3.63, 3.8) is 0 Å². The van der Waals surface area contributed by atoms with E-state index in [1.807, 2.05) is 0 Å². The van der Waals surface area contributed by atoms with E-state index in [2.05, 4.69) is 10.5 Å². The molecule has 6 heteroatoms. The van der Waals surface area contributed by atoms with Crippen molar-refractivity contribution in [1.82, 2.24) is 15.2 Å². The Bertz CT molecular complexity index is 411. The van der Waals surface area contributed by atoms with E-state index < -0.39 is 5.41 Å². The molecule has 0 radical (unpaired) electrons. The Morgan fingerprint density at radius 3 is 2.87 bits per heavy atom. The van der Waals surface area contributed by atoms with E-state index in [4.69, 9.17) is 5.84 Å². The highest BCUT2D eigenvalue weighted by Gasteiger charge is 2.28. The van der Waals surface area contributed by atoms with Crippen LogP contribution in [0.5, 0.6) is 0 Å². The lowest BCUT2D eigenvalue weighted by Gasteiger charge is -2.22. The van der Waals surface area contributed by atoms with Gasteiger partial charge in [-0.15, -0.1) is 0 Å². The van der Waals surface area contributed by atoms with Crippen LogP contribution in [0, 0.1) is 5.41 Å². The van der Waals surface area contributed by atoms with E-state index in [1.54, 1.807) is 19.9 Å². The molecule has 0 aliphatic heterocycles. The lowest BCUT2D eigenvalue weighted by atomic mass is 9.93. The molecular formula is C9H14N4O2. The molecule has 1 heterocycles. The molecule has 3 N–H and O–H groups in total. The van der Waals surface area contributed by atoms with Crippen LogP contribution in [0.15, 0.2) is 23.1 Å². The summed E-state index contributed by atoms with van der Waals surface area (Å²) in [6.45, 7) is 3.57. The zero-order chi connectivity index (χ0) is 11.5. The Morgan fingerprint density at radius 2 is 2.33 bits per heavy atom. The number of rotatable bonds is 3. The van der Waals surface area contributed by atoms with E-state index in [0.717, 1.165) is 0 Å². The molecule has 82 valence electrons. The molecule has 1 aromatic heterocycles. The SMILES string of the molecule is CC(C)(Cn1ncccc1=O)C(=O)NN. The predicted octanol–water partition coefficient (Wildman–Crippen LogP) is -0.741. The summed E-state index contributed by atoms with van der Waals surface area (Å²) in [6.07, 6.45) is 1.50. The molecule has 0 aromatic carbocycles. The summed E-state index contributed by atoms with van der Waals surface area (Å²) in [6, 6.07) is 2.94. The van der Waals surface area contributed by atoms with Gasteiger partial charge in [0.05, 0.1) is 12.0 Å². The fourth-order valence-electron chi connectivity index (χ4n) is 1.15. The van der Waals surface area contributed by atoms with E-state index in [1.165, 1.54) is 16.9 Å². The first-order chi connectivity index (χ1) is 6.97. The van der Waals surface area contributed by atoms with Gasteiger partial charge in [0, 0.05) is 12.3 Å². The quantitative estimate of drug-likeness (QED) is 0.390. The summed E-state index contributed by atoms with van der Waals surface area (Å²) in [7, 11) is 0. The van der Waals surface area contributed by atoms with E-state index in [-0.39, 0.29) is 18.0 Å². The maximum Gasteiger partial charge on any atom is 0.266 e. The molecule has 0 fully saturated rings. The Hall–Kier alpha value is -1.69. The lowest BCUT2D eigenvalue weighted by Crippen LogP contribution is -2.44. The normalized spacial score (nSPS) is 11.1. The van der Waals surface area contributed by atoms with Crippen LogP contribution in [-0.2, 0) is 11.3 Å². The van der Waals surface area contributed by atoms with Crippen LogP contribution in [0.3, 0.4) is 0 Å². The number of aromatic nitrogens is 2. The van der Waals surface area contributed by atoms with Crippen molar-refractivity contribution < 1.29 is 4.79 Å². The van der Waals surface area contributed by atoms with Gasteiger partial charge in [-0.1, -0.05) is 0 Å². The number of hydrogen-bond donors (Lipinski definition) is 2. The van der Waals surface area contributed by atoms with Gasteiger partial charge < -0.3 is 0 Å². The fraction of sp³-hybridized carbons (Fsp3) is 0.444. The first-order valence-electron chi connectivity index (χ1n) is 4.50. The van der Waals surface area contributed by atoms with E-state index in [9.17, 15) is 9.59 Å². The van der Waals surface area contributed by atoms with Crippen molar-refractivity contribution in [1.29, 1.82) is 0 Å². The summed E-state index contributed by atoms with van der Waals surface area (Å²) in [5.74, 6) is 4.71. The number of carbonyl (C=O) groups excluding carboxylic acids is 1. The minimum Gasteiger partial charge on any atom is -0.294 e. The highest BCUT2D eigenvalue weighted by Crippen LogP contribution is 2.16. The molecule has 0 saturated carbocycles. The maximum absolute atomic E-state index is 11.4. The van der Waals surface area contributed by atoms with Crippen LogP contribution >= 0.6 is 0 Å². The molecule has 1 amide bonds. The average Bonchev–Trinajstić information content (AvgIpc) is 2.20. The van der Waals surface area contributed by atoms with Crippen molar-refractivity contribution in [3.05, 3.63) is 28.7 Å². The molecule has 1 aromatic rings. The Morgan fingerprint density at radius 1 is 1.67 bits per heavy atom. The summed E-state index contributed by atoms with van der Waals surface area (Å²) >= 11 is 0. The van der Waals surface area contributed by atoms with E-state index >= 15 is 0 Å². The topological polar surface area (TPSA) is 90.0 Å². The monoisotopic (exact) mass is 210 g/mol. The minimum atomic E-state index is -0.771. The van der Waals surface area contributed by atoms with Crippen molar-refractivity contribution >= 4 is 5.91 Å². The third-order valence-electron chi connectivity index (χ3n) is 2.08. The van der Waals surface area contributed by atoms with Crippen LogP contribution in [0.1, 0.15) is 13.8 Å². The van der Waals surface area contributed by atoms with Crippen molar-refractivity contribution in [3.8, 4) is 0 Å². The van der Waals surface area contributed by atoms with Gasteiger partial charge in [0.15, 0.2) is 0 Å². The second-order valence-corrected chi connectivity index (χ2v) is 3.88. The van der Waals surface area contributed by atoms with Gasteiger partial charge in [-0.2, -0.15) is 5.10 Å². The number of nitrogens with two attached hydrogens (primary N) is 1. The van der Waals surface area contributed by atoms with Gasteiger partial charge in [0.1, 0.15) is 0 Å². The fourth-order valence-corrected chi connectivity index (χ4v) is 1.15. The highest BCUT2D eigenvalue weighted by atomic mass is 16.2. The van der Waals surface area contributed by atoms with Crippen LogP contribution in [0.2, 0.25) is 0 Å². The Labute approximate surface area is 87.1 Å². The van der Waals surface area contributed by atoms with E-state index in [0.29, 0.717) is 0 Å². The average molecular weight is 210 g/mol. The summed E-state index contributed by atoms with van der Waals surface area (Å²) in [5.41, 5.74) is 1.05. The van der Waals surface area contributed by atoms with Crippen LogP contribution < -0.4 is 16.8 Å². The Kier molecular flexibility index (Phi) is 3.21. The summed E-state index contributed by atoms with van der Waals surface area (Å²) in [5, 5.41) is 3.86. The lowest BCUT2D eigenvalue weighted by molar-refractivity contribution is -0.130. The van der Waals surface area contributed by atoms with Crippen molar-refractivity contribution in [2.24, 2.45) is 11.3 Å². The largest absolute Gasteiger partial charge is 0.294 e. The second kappa shape index (κ2) is 4.22. The van der Waals surface area contributed by atoms with Crippen LogP contribution in [-0.4, -0.2) is 15.7 Å². The molecule has 0 unspecified atom stereocenters. The molecule has 1 rings (SSSR count). The standard InChI is InChI=1S/C9H14N4O2/c1-9(2,8(15)12-10)6-13-7(14)4-3-5-11-13/h3-5H,6,10H2,1-2H3,(H,12,15). The minimum absolute atomic E-state index is 0.190. The molecule has 0 bridgehead atoms. The zero-order valence-electron chi connectivity index (χ0n) is 8.73. The highest BCUT2D eigenvalue weighted by molar-refractivity contribution is 5.81. The van der Waals surface area contributed by atoms with Gasteiger partial charge in [0.2, 0.25) is 5.91 Å². The third kappa shape index (κ3) is 2.63.